The highest BCUT2D eigenvalue weighted by Crippen LogP contribution is 2.33. The van der Waals surface area contributed by atoms with E-state index in [0.717, 1.165) is 22.4 Å². The summed E-state index contributed by atoms with van der Waals surface area (Å²) < 4.78 is 13.5. The van der Waals surface area contributed by atoms with Gasteiger partial charge in [-0.2, -0.15) is 5.10 Å². The van der Waals surface area contributed by atoms with Crippen LogP contribution in [0.15, 0.2) is 47.6 Å². The van der Waals surface area contributed by atoms with Crippen molar-refractivity contribution in [3.05, 3.63) is 70.5 Å². The van der Waals surface area contributed by atoms with Gasteiger partial charge in [0.25, 0.3) is 5.91 Å². The Morgan fingerprint density at radius 1 is 1.16 bits per heavy atom. The molecule has 31 heavy (non-hydrogen) atoms. The SMILES string of the molecule is Cc1ccc(C2=NN(C(=O)CN(C)C(=O)NC(C)C)[C@H](c3ccc(F)cc3)C2)cc1C. The van der Waals surface area contributed by atoms with Crippen LogP contribution in [0.3, 0.4) is 0 Å². The first-order chi connectivity index (χ1) is 14.7. The van der Waals surface area contributed by atoms with E-state index in [2.05, 4.69) is 16.5 Å². The van der Waals surface area contributed by atoms with Gasteiger partial charge in [-0.3, -0.25) is 4.79 Å². The number of nitrogens with zero attached hydrogens (tertiary/aromatic N) is 3. The van der Waals surface area contributed by atoms with E-state index in [4.69, 9.17) is 0 Å². The summed E-state index contributed by atoms with van der Waals surface area (Å²) in [5.41, 5.74) is 4.87. The molecule has 1 aliphatic rings. The number of urea groups is 1. The minimum atomic E-state index is -0.355. The maximum Gasteiger partial charge on any atom is 0.317 e. The van der Waals surface area contributed by atoms with E-state index in [9.17, 15) is 14.0 Å². The molecule has 1 heterocycles. The molecule has 0 bridgehead atoms. The molecule has 0 fully saturated rings. The zero-order valence-electron chi connectivity index (χ0n) is 18.6. The van der Waals surface area contributed by atoms with Crippen LogP contribution < -0.4 is 5.32 Å². The molecule has 0 aromatic heterocycles. The highest BCUT2D eigenvalue weighted by molar-refractivity contribution is 6.03. The fraction of sp³-hybridized carbons (Fsp3) is 0.375. The molecule has 1 N–H and O–H groups in total. The van der Waals surface area contributed by atoms with E-state index in [1.165, 1.54) is 27.6 Å². The summed E-state index contributed by atoms with van der Waals surface area (Å²) >= 11 is 0. The van der Waals surface area contributed by atoms with Crippen molar-refractivity contribution < 1.29 is 14.0 Å². The van der Waals surface area contributed by atoms with Crippen LogP contribution in [0, 0.1) is 19.7 Å². The highest BCUT2D eigenvalue weighted by atomic mass is 19.1. The number of hydrogen-bond donors (Lipinski definition) is 1. The maximum atomic E-state index is 13.5. The lowest BCUT2D eigenvalue weighted by Crippen LogP contribution is -2.45. The first kappa shape index (κ1) is 22.5. The van der Waals surface area contributed by atoms with Crippen molar-refractivity contribution >= 4 is 17.6 Å². The van der Waals surface area contributed by atoms with E-state index in [0.29, 0.717) is 6.42 Å². The second-order valence-corrected chi connectivity index (χ2v) is 8.32. The lowest BCUT2D eigenvalue weighted by atomic mass is 9.96. The van der Waals surface area contributed by atoms with Gasteiger partial charge in [-0.1, -0.05) is 24.3 Å². The minimum absolute atomic E-state index is 0.0294. The molecule has 1 atom stereocenters. The van der Waals surface area contributed by atoms with Gasteiger partial charge < -0.3 is 10.2 Å². The first-order valence-electron chi connectivity index (χ1n) is 10.4. The van der Waals surface area contributed by atoms with Crippen LogP contribution in [-0.4, -0.2) is 47.2 Å². The van der Waals surface area contributed by atoms with Crippen LogP contribution in [0.5, 0.6) is 0 Å². The summed E-state index contributed by atoms with van der Waals surface area (Å²) in [5.74, 6) is -0.630. The number of aryl methyl sites for hydroxylation is 2. The standard InChI is InChI=1S/C24H29FN4O2/c1-15(2)26-24(31)28(5)14-23(30)29-22(18-8-10-20(25)11-9-18)13-21(27-29)19-7-6-16(3)17(4)12-19/h6-12,15,22H,13-14H2,1-5H3,(H,26,31)/t22-/m0/s1. The number of amides is 3. The Morgan fingerprint density at radius 3 is 2.45 bits per heavy atom. The summed E-state index contributed by atoms with van der Waals surface area (Å²) in [7, 11) is 1.58. The molecule has 164 valence electrons. The second-order valence-electron chi connectivity index (χ2n) is 8.32. The number of nitrogens with one attached hydrogen (secondary N) is 1. The molecule has 0 saturated heterocycles. The topological polar surface area (TPSA) is 65.0 Å². The molecule has 6 nitrogen and oxygen atoms in total. The van der Waals surface area contributed by atoms with Crippen LogP contribution in [0.2, 0.25) is 0 Å². The summed E-state index contributed by atoms with van der Waals surface area (Å²) in [6, 6.07) is 11.5. The fourth-order valence-corrected chi connectivity index (χ4v) is 3.48. The minimum Gasteiger partial charge on any atom is -0.336 e. The Labute approximate surface area is 182 Å². The van der Waals surface area contributed by atoms with Crippen molar-refractivity contribution in [1.29, 1.82) is 0 Å². The molecule has 3 rings (SSSR count). The van der Waals surface area contributed by atoms with Gasteiger partial charge in [0.15, 0.2) is 0 Å². The van der Waals surface area contributed by atoms with Crippen LogP contribution in [-0.2, 0) is 4.79 Å². The molecule has 0 unspecified atom stereocenters. The summed E-state index contributed by atoms with van der Waals surface area (Å²) in [5, 5.41) is 8.83. The predicted octanol–water partition coefficient (Wildman–Crippen LogP) is 4.17. The van der Waals surface area contributed by atoms with E-state index < -0.39 is 0 Å². The summed E-state index contributed by atoms with van der Waals surface area (Å²) in [6.45, 7) is 7.69. The third kappa shape index (κ3) is 5.29. The van der Waals surface area contributed by atoms with Gasteiger partial charge in [0, 0.05) is 19.5 Å². The van der Waals surface area contributed by atoms with Gasteiger partial charge in [-0.15, -0.1) is 0 Å². The Balaban J connectivity index is 1.88. The predicted molar refractivity (Wildman–Crippen MR) is 119 cm³/mol. The monoisotopic (exact) mass is 424 g/mol. The molecule has 2 aromatic rings. The highest BCUT2D eigenvalue weighted by Gasteiger charge is 2.34. The number of benzene rings is 2. The lowest BCUT2D eigenvalue weighted by Gasteiger charge is -2.25. The molecule has 0 spiro atoms. The zero-order valence-corrected chi connectivity index (χ0v) is 18.6. The molecule has 1 aliphatic heterocycles. The Morgan fingerprint density at radius 2 is 1.84 bits per heavy atom. The fourth-order valence-electron chi connectivity index (χ4n) is 3.48. The molecular weight excluding hydrogens is 395 g/mol. The average Bonchev–Trinajstić information content (AvgIpc) is 3.15. The van der Waals surface area contributed by atoms with Crippen LogP contribution in [0.1, 0.15) is 48.6 Å². The van der Waals surface area contributed by atoms with Gasteiger partial charge in [0.05, 0.1) is 11.8 Å². The average molecular weight is 425 g/mol. The third-order valence-corrected chi connectivity index (χ3v) is 5.39. The van der Waals surface area contributed by atoms with E-state index in [1.54, 1.807) is 19.2 Å². The summed E-state index contributed by atoms with van der Waals surface area (Å²) in [4.78, 5) is 26.7. The number of hydrazone groups is 1. The smallest absolute Gasteiger partial charge is 0.317 e. The number of halogens is 1. The molecule has 3 amide bonds. The molecule has 0 radical (unpaired) electrons. The van der Waals surface area contributed by atoms with Crippen molar-refractivity contribution in [2.24, 2.45) is 5.10 Å². The second kappa shape index (κ2) is 9.29. The number of carbonyl (C=O) groups excluding carboxylic acids is 2. The van der Waals surface area contributed by atoms with Gasteiger partial charge in [0.2, 0.25) is 0 Å². The van der Waals surface area contributed by atoms with Gasteiger partial charge in [-0.05, 0) is 68.1 Å². The first-order valence-corrected chi connectivity index (χ1v) is 10.4. The quantitative estimate of drug-likeness (QED) is 0.783. The van der Waals surface area contributed by atoms with Crippen molar-refractivity contribution in [3.8, 4) is 0 Å². The van der Waals surface area contributed by atoms with Crippen LogP contribution in [0.25, 0.3) is 0 Å². The largest absolute Gasteiger partial charge is 0.336 e. The number of likely N-dealkylation sites (N-methyl/N-ethyl adjacent to an activating group) is 1. The zero-order chi connectivity index (χ0) is 22.7. The van der Waals surface area contributed by atoms with Crippen molar-refractivity contribution in [3.63, 3.8) is 0 Å². The normalized spacial score (nSPS) is 15.8. The molecule has 7 heteroatoms. The number of carbonyl (C=O) groups is 2. The molecule has 0 aliphatic carbocycles. The molecule has 2 aromatic carbocycles. The van der Waals surface area contributed by atoms with E-state index in [-0.39, 0.29) is 36.4 Å². The van der Waals surface area contributed by atoms with Gasteiger partial charge in [0.1, 0.15) is 12.4 Å². The Hall–Kier alpha value is -3.22. The lowest BCUT2D eigenvalue weighted by molar-refractivity contribution is -0.133. The van der Waals surface area contributed by atoms with Gasteiger partial charge >= 0.3 is 6.03 Å². The van der Waals surface area contributed by atoms with Crippen LogP contribution >= 0.6 is 0 Å². The third-order valence-electron chi connectivity index (χ3n) is 5.39. The molecular formula is C24H29FN4O2. The van der Waals surface area contributed by atoms with Gasteiger partial charge in [-0.25, -0.2) is 14.2 Å². The Bertz CT molecular complexity index is 1000. The van der Waals surface area contributed by atoms with E-state index in [1.807, 2.05) is 39.8 Å². The number of rotatable bonds is 5. The van der Waals surface area contributed by atoms with Crippen molar-refractivity contribution in [2.45, 2.75) is 46.2 Å². The maximum absolute atomic E-state index is 13.5. The van der Waals surface area contributed by atoms with Crippen molar-refractivity contribution in [1.82, 2.24) is 15.2 Å². The number of hydrogen-bond acceptors (Lipinski definition) is 3. The molecule has 0 saturated carbocycles. The van der Waals surface area contributed by atoms with Crippen molar-refractivity contribution in [2.75, 3.05) is 13.6 Å². The Kier molecular flexibility index (Phi) is 6.73. The van der Waals surface area contributed by atoms with E-state index >= 15 is 0 Å². The summed E-state index contributed by atoms with van der Waals surface area (Å²) in [6.07, 6.45) is 0.516. The van der Waals surface area contributed by atoms with Crippen LogP contribution in [0.4, 0.5) is 9.18 Å².